The molecule has 0 radical (unpaired) electrons. The second-order valence-electron chi connectivity index (χ2n) is 8.23. The Bertz CT molecular complexity index is 1040. The van der Waals surface area contributed by atoms with Gasteiger partial charge in [0.2, 0.25) is 0 Å². The number of hydrogen-bond donors (Lipinski definition) is 4. The van der Waals surface area contributed by atoms with Gasteiger partial charge in [-0.2, -0.15) is 0 Å². The van der Waals surface area contributed by atoms with Crippen molar-refractivity contribution in [2.45, 2.75) is 37.5 Å². The maximum atomic E-state index is 13.0. The van der Waals surface area contributed by atoms with Gasteiger partial charge in [-0.05, 0) is 5.56 Å². The number of oxime groups is 1. The van der Waals surface area contributed by atoms with Gasteiger partial charge in [0, 0.05) is 38.3 Å². The van der Waals surface area contributed by atoms with Crippen LogP contribution in [0.3, 0.4) is 0 Å². The van der Waals surface area contributed by atoms with Crippen molar-refractivity contribution >= 4 is 29.6 Å². The molecule has 2 aromatic rings. The number of carboxylic acids is 1. The van der Waals surface area contributed by atoms with Gasteiger partial charge in [0.25, 0.3) is 5.91 Å². The van der Waals surface area contributed by atoms with Gasteiger partial charge < -0.3 is 30.3 Å². The fourth-order valence-electron chi connectivity index (χ4n) is 4.04. The Labute approximate surface area is 195 Å². The Morgan fingerprint density at radius 1 is 1.29 bits per heavy atom. The Balaban J connectivity index is 1.39. The van der Waals surface area contributed by atoms with Crippen molar-refractivity contribution in [1.82, 2.24) is 20.2 Å². The maximum Gasteiger partial charge on any atom is 0.410 e. The summed E-state index contributed by atoms with van der Waals surface area (Å²) in [6, 6.07) is 9.08. The maximum absolute atomic E-state index is 13.0. The molecule has 2 aliphatic heterocycles. The molecule has 1 aromatic heterocycles. The van der Waals surface area contributed by atoms with Crippen LogP contribution in [-0.4, -0.2) is 74.9 Å². The molecule has 12 heteroatoms. The molecule has 2 atom stereocenters. The minimum absolute atomic E-state index is 0.00614. The number of imidazole rings is 1. The van der Waals surface area contributed by atoms with E-state index in [9.17, 15) is 14.4 Å². The number of rotatable bonds is 9. The van der Waals surface area contributed by atoms with Crippen molar-refractivity contribution in [1.29, 1.82) is 0 Å². The highest BCUT2D eigenvalue weighted by atomic mass is 16.7. The lowest BCUT2D eigenvalue weighted by Crippen LogP contribution is -2.41. The molecule has 0 bridgehead atoms. The average molecular weight is 470 g/mol. The number of aromatic amines is 1. The first-order valence-electron chi connectivity index (χ1n) is 10.9. The summed E-state index contributed by atoms with van der Waals surface area (Å²) in [7, 11) is 0. The number of nitrogens with one attached hydrogen (secondary N) is 3. The quantitative estimate of drug-likeness (QED) is 0.427. The van der Waals surface area contributed by atoms with Gasteiger partial charge >= 0.3 is 12.1 Å². The molecule has 34 heavy (non-hydrogen) atoms. The molecule has 3 heterocycles. The number of anilines is 1. The lowest BCUT2D eigenvalue weighted by atomic mass is 9.94. The summed E-state index contributed by atoms with van der Waals surface area (Å²) in [5, 5.41) is 18.4. The zero-order valence-corrected chi connectivity index (χ0v) is 18.4. The van der Waals surface area contributed by atoms with Crippen molar-refractivity contribution in [2.75, 3.05) is 25.0 Å². The second-order valence-corrected chi connectivity index (χ2v) is 8.23. The number of aromatic nitrogens is 2. The SMILES string of the molecule is O=C(O)CCNC(=O)C1=NOC2(C1)CC(CNc1ncc[nH]1)N(C(=O)OCc1ccccc1)C2. The van der Waals surface area contributed by atoms with Crippen LogP contribution in [0.5, 0.6) is 0 Å². The number of carboxylic acid groups (broad SMARTS) is 1. The van der Waals surface area contributed by atoms with E-state index in [2.05, 4.69) is 25.8 Å². The molecule has 180 valence electrons. The Hall–Kier alpha value is -4.09. The summed E-state index contributed by atoms with van der Waals surface area (Å²) in [5.41, 5.74) is 0.180. The van der Waals surface area contributed by atoms with E-state index in [1.807, 2.05) is 30.3 Å². The minimum atomic E-state index is -1.01. The standard InChI is InChI=1S/C22H26N6O6/c29-18(30)6-7-23-19(31)17-11-22(34-27-17)10-16(12-26-20-24-8-9-25-20)28(14-22)21(32)33-13-15-4-2-1-3-5-15/h1-5,8-9,16H,6-7,10-14H2,(H,23,31)(H,29,30)(H2,24,25,26). The largest absolute Gasteiger partial charge is 0.481 e. The highest BCUT2D eigenvalue weighted by molar-refractivity contribution is 6.39. The number of carbonyl (C=O) groups excluding carboxylic acids is 2. The number of benzene rings is 1. The van der Waals surface area contributed by atoms with Crippen LogP contribution in [0.4, 0.5) is 10.7 Å². The third-order valence-electron chi connectivity index (χ3n) is 5.68. The van der Waals surface area contributed by atoms with Crippen LogP contribution in [0.15, 0.2) is 47.9 Å². The van der Waals surface area contributed by atoms with Crippen LogP contribution < -0.4 is 10.6 Å². The number of ether oxygens (including phenoxy) is 1. The van der Waals surface area contributed by atoms with Crippen molar-refractivity contribution in [3.63, 3.8) is 0 Å². The van der Waals surface area contributed by atoms with Gasteiger partial charge in [0.15, 0.2) is 11.5 Å². The Morgan fingerprint density at radius 3 is 2.85 bits per heavy atom. The predicted octanol–water partition coefficient (Wildman–Crippen LogP) is 1.34. The van der Waals surface area contributed by atoms with E-state index in [-0.39, 0.29) is 44.3 Å². The predicted molar refractivity (Wildman–Crippen MR) is 120 cm³/mol. The summed E-state index contributed by atoms with van der Waals surface area (Å²) >= 11 is 0. The van der Waals surface area contributed by atoms with E-state index >= 15 is 0 Å². The number of nitrogens with zero attached hydrogens (tertiary/aromatic N) is 3. The zero-order chi connectivity index (χ0) is 24.0. The summed E-state index contributed by atoms with van der Waals surface area (Å²) in [6.45, 7) is 0.712. The lowest BCUT2D eigenvalue weighted by Gasteiger charge is -2.24. The highest BCUT2D eigenvalue weighted by Gasteiger charge is 2.52. The van der Waals surface area contributed by atoms with Crippen LogP contribution in [0.25, 0.3) is 0 Å². The second kappa shape index (κ2) is 10.2. The molecule has 4 rings (SSSR count). The van der Waals surface area contributed by atoms with Crippen molar-refractivity contribution in [3.05, 3.63) is 48.3 Å². The molecule has 0 saturated carbocycles. The molecule has 2 amide bonds. The van der Waals surface area contributed by atoms with Crippen molar-refractivity contribution in [2.24, 2.45) is 5.16 Å². The molecule has 12 nitrogen and oxygen atoms in total. The van der Waals surface area contributed by atoms with Crippen LogP contribution in [0, 0.1) is 0 Å². The van der Waals surface area contributed by atoms with E-state index in [0.29, 0.717) is 18.9 Å². The third kappa shape index (κ3) is 5.63. The summed E-state index contributed by atoms with van der Waals surface area (Å²) in [5.74, 6) is -0.914. The first-order chi connectivity index (χ1) is 16.4. The van der Waals surface area contributed by atoms with Gasteiger partial charge in [0.1, 0.15) is 12.3 Å². The summed E-state index contributed by atoms with van der Waals surface area (Å²) in [6.07, 6.45) is 3.26. The van der Waals surface area contributed by atoms with E-state index in [4.69, 9.17) is 14.7 Å². The van der Waals surface area contributed by atoms with E-state index in [1.54, 1.807) is 17.3 Å². The lowest BCUT2D eigenvalue weighted by molar-refractivity contribution is -0.136. The fourth-order valence-corrected chi connectivity index (χ4v) is 4.04. The van der Waals surface area contributed by atoms with Gasteiger partial charge in [-0.1, -0.05) is 35.5 Å². The normalized spacial score (nSPS) is 21.1. The van der Waals surface area contributed by atoms with Gasteiger partial charge in [-0.15, -0.1) is 0 Å². The Morgan fingerprint density at radius 2 is 2.12 bits per heavy atom. The van der Waals surface area contributed by atoms with Crippen molar-refractivity contribution < 1.29 is 29.1 Å². The number of likely N-dealkylation sites (tertiary alicyclic amines) is 1. The molecule has 2 aliphatic rings. The number of H-pyrrole nitrogens is 1. The van der Waals surface area contributed by atoms with Crippen molar-refractivity contribution in [3.8, 4) is 0 Å². The van der Waals surface area contributed by atoms with Crippen LogP contribution in [-0.2, 0) is 25.8 Å². The number of hydrogen-bond acceptors (Lipinski definition) is 8. The molecule has 1 spiro atoms. The highest BCUT2D eigenvalue weighted by Crippen LogP contribution is 2.38. The first-order valence-corrected chi connectivity index (χ1v) is 10.9. The van der Waals surface area contributed by atoms with Gasteiger partial charge in [-0.25, -0.2) is 9.78 Å². The number of amides is 2. The minimum Gasteiger partial charge on any atom is -0.481 e. The molecule has 1 fully saturated rings. The number of carbonyl (C=O) groups is 3. The molecule has 2 unspecified atom stereocenters. The van der Waals surface area contributed by atoms with E-state index in [1.165, 1.54) is 0 Å². The average Bonchev–Trinajstić information content (AvgIpc) is 3.57. The fraction of sp³-hybridized carbons (Fsp3) is 0.409. The molecule has 1 aromatic carbocycles. The van der Waals surface area contributed by atoms with Gasteiger partial charge in [-0.3, -0.25) is 14.5 Å². The molecular formula is C22H26N6O6. The van der Waals surface area contributed by atoms with Crippen LogP contribution in [0.1, 0.15) is 24.8 Å². The topological polar surface area (TPSA) is 158 Å². The Kier molecular flexibility index (Phi) is 6.95. The summed E-state index contributed by atoms with van der Waals surface area (Å²) in [4.78, 5) is 50.4. The van der Waals surface area contributed by atoms with Crippen LogP contribution >= 0.6 is 0 Å². The van der Waals surface area contributed by atoms with Crippen LogP contribution in [0.2, 0.25) is 0 Å². The molecule has 0 aliphatic carbocycles. The smallest absolute Gasteiger partial charge is 0.410 e. The third-order valence-corrected chi connectivity index (χ3v) is 5.68. The first kappa shape index (κ1) is 23.1. The monoisotopic (exact) mass is 470 g/mol. The molecule has 4 N–H and O–H groups in total. The zero-order valence-electron chi connectivity index (χ0n) is 18.4. The molecule has 1 saturated heterocycles. The molecular weight excluding hydrogens is 444 g/mol. The summed E-state index contributed by atoms with van der Waals surface area (Å²) < 4.78 is 5.54. The van der Waals surface area contributed by atoms with E-state index in [0.717, 1.165) is 5.56 Å². The van der Waals surface area contributed by atoms with E-state index < -0.39 is 23.6 Å². The number of aliphatic carboxylic acids is 1. The van der Waals surface area contributed by atoms with Gasteiger partial charge in [0.05, 0.1) is 19.0 Å².